The van der Waals surface area contributed by atoms with Crippen molar-refractivity contribution in [3.05, 3.63) is 59.5 Å². The van der Waals surface area contributed by atoms with Crippen LogP contribution < -0.4 is 5.32 Å². The molecule has 4 amide bonds. The molecule has 2 aromatic rings. The second-order valence-corrected chi connectivity index (χ2v) is 9.70. The van der Waals surface area contributed by atoms with Crippen LogP contribution in [0.25, 0.3) is 0 Å². The van der Waals surface area contributed by atoms with Gasteiger partial charge in [0, 0.05) is 26.1 Å². The molecule has 1 aromatic heterocycles. The zero-order chi connectivity index (χ0) is 24.3. The maximum atomic E-state index is 13.9. The Hall–Kier alpha value is -3.13. The summed E-state index contributed by atoms with van der Waals surface area (Å²) >= 11 is 0. The van der Waals surface area contributed by atoms with Crippen molar-refractivity contribution in [1.82, 2.24) is 20.0 Å². The van der Waals surface area contributed by atoms with Crippen molar-refractivity contribution >= 4 is 17.8 Å². The van der Waals surface area contributed by atoms with E-state index in [9.17, 15) is 14.4 Å². The number of urea groups is 1. The van der Waals surface area contributed by atoms with E-state index in [-0.39, 0.29) is 23.8 Å². The highest BCUT2D eigenvalue weighted by Crippen LogP contribution is 2.37. The summed E-state index contributed by atoms with van der Waals surface area (Å²) < 4.78 is 5.06. The number of carbonyl (C=O) groups excluding carboxylic acids is 3. The monoisotopic (exact) mass is 466 g/mol. The normalized spacial score (nSPS) is 21.4. The molecule has 0 spiro atoms. The highest BCUT2D eigenvalue weighted by molar-refractivity contribution is 6.07. The Bertz CT molecular complexity index is 1030. The van der Waals surface area contributed by atoms with E-state index >= 15 is 0 Å². The molecular weight excluding hydrogens is 432 g/mol. The van der Waals surface area contributed by atoms with E-state index in [4.69, 9.17) is 4.42 Å². The van der Waals surface area contributed by atoms with Crippen LogP contribution >= 0.6 is 0 Å². The molecule has 1 aromatic carbocycles. The smallest absolute Gasteiger partial charge is 0.325 e. The Morgan fingerprint density at radius 1 is 1.18 bits per heavy atom. The molecule has 1 unspecified atom stereocenters. The molecule has 0 aliphatic carbocycles. The predicted octanol–water partition coefficient (Wildman–Crippen LogP) is 2.93. The van der Waals surface area contributed by atoms with E-state index in [1.807, 2.05) is 50.2 Å². The lowest BCUT2D eigenvalue weighted by molar-refractivity contribution is -0.134. The molecule has 8 nitrogen and oxygen atoms in total. The lowest BCUT2D eigenvalue weighted by atomic mass is 9.73. The predicted molar refractivity (Wildman–Crippen MR) is 128 cm³/mol. The fourth-order valence-electron chi connectivity index (χ4n) is 5.19. The number of piperidine rings is 1. The number of aryl methyl sites for hydroxylation is 1. The van der Waals surface area contributed by atoms with Gasteiger partial charge in [-0.2, -0.15) is 0 Å². The first-order chi connectivity index (χ1) is 16.3. The van der Waals surface area contributed by atoms with Gasteiger partial charge in [0.15, 0.2) is 0 Å². The van der Waals surface area contributed by atoms with Crippen molar-refractivity contribution in [2.75, 3.05) is 40.3 Å². The van der Waals surface area contributed by atoms with Crippen molar-refractivity contribution in [3.8, 4) is 0 Å². The number of nitrogens with zero attached hydrogens (tertiary/aromatic N) is 3. The quantitative estimate of drug-likeness (QED) is 0.605. The van der Waals surface area contributed by atoms with E-state index < -0.39 is 5.54 Å². The van der Waals surface area contributed by atoms with E-state index in [0.717, 1.165) is 24.1 Å². The van der Waals surface area contributed by atoms with Crippen molar-refractivity contribution < 1.29 is 18.8 Å². The molecular formula is C26H34N4O4. The van der Waals surface area contributed by atoms with Crippen molar-refractivity contribution in [1.29, 1.82) is 0 Å². The van der Waals surface area contributed by atoms with Gasteiger partial charge in [0.05, 0.1) is 11.8 Å². The summed E-state index contributed by atoms with van der Waals surface area (Å²) in [5.74, 6) is -0.262. The Morgan fingerprint density at radius 2 is 1.91 bits per heavy atom. The molecule has 1 N–H and O–H groups in total. The SMILES string of the molecule is Cc1ccccc1CC1(C2CCN(C(=O)c3ccoc3)CC2)NC(=O)N(CCCN(C)C)C1=O. The molecule has 2 saturated heterocycles. The van der Waals surface area contributed by atoms with E-state index in [0.29, 0.717) is 44.5 Å². The molecule has 4 rings (SSSR count). The molecule has 0 bridgehead atoms. The first-order valence-corrected chi connectivity index (χ1v) is 12.0. The van der Waals surface area contributed by atoms with Gasteiger partial charge in [0.1, 0.15) is 11.8 Å². The number of likely N-dealkylation sites (tertiary alicyclic amines) is 1. The number of imide groups is 1. The lowest BCUT2D eigenvalue weighted by Gasteiger charge is -2.41. The standard InChI is InChI=1S/C26H34N4O4/c1-19-7-4-5-8-20(19)17-26(24(32)30(25(33)27-26)13-6-12-28(2)3)22-9-14-29(15-10-22)23(31)21-11-16-34-18-21/h4-5,7-8,11,16,18,22H,6,9-10,12-15,17H2,1-3H3,(H,27,33). The summed E-state index contributed by atoms with van der Waals surface area (Å²) in [6, 6.07) is 9.37. The highest BCUT2D eigenvalue weighted by Gasteiger charge is 2.56. The van der Waals surface area contributed by atoms with Crippen molar-refractivity contribution in [3.63, 3.8) is 0 Å². The van der Waals surface area contributed by atoms with Gasteiger partial charge in [-0.1, -0.05) is 24.3 Å². The van der Waals surface area contributed by atoms with E-state index in [1.165, 1.54) is 17.4 Å². The largest absolute Gasteiger partial charge is 0.472 e. The van der Waals surface area contributed by atoms with Gasteiger partial charge in [-0.05, 0) is 69.9 Å². The van der Waals surface area contributed by atoms with Crippen molar-refractivity contribution in [2.45, 2.75) is 38.1 Å². The number of furan rings is 1. The van der Waals surface area contributed by atoms with Crippen LogP contribution in [-0.4, -0.2) is 78.4 Å². The topological polar surface area (TPSA) is 86.1 Å². The highest BCUT2D eigenvalue weighted by atomic mass is 16.3. The number of amides is 4. The molecule has 0 saturated carbocycles. The van der Waals surface area contributed by atoms with Crippen LogP contribution in [0.1, 0.15) is 40.7 Å². The lowest BCUT2D eigenvalue weighted by Crippen LogP contribution is -2.58. The van der Waals surface area contributed by atoms with Crippen LogP contribution in [0.2, 0.25) is 0 Å². The summed E-state index contributed by atoms with van der Waals surface area (Å²) in [5, 5.41) is 3.13. The van der Waals surface area contributed by atoms with Crippen LogP contribution in [0.3, 0.4) is 0 Å². The zero-order valence-electron chi connectivity index (χ0n) is 20.3. The number of hydrogen-bond acceptors (Lipinski definition) is 5. The summed E-state index contributed by atoms with van der Waals surface area (Å²) in [6.45, 7) is 4.31. The average molecular weight is 467 g/mol. The van der Waals surface area contributed by atoms with Gasteiger partial charge < -0.3 is 19.5 Å². The molecule has 182 valence electrons. The van der Waals surface area contributed by atoms with Gasteiger partial charge in [0.25, 0.3) is 11.8 Å². The third-order valence-corrected chi connectivity index (χ3v) is 7.17. The maximum absolute atomic E-state index is 13.9. The Kier molecular flexibility index (Phi) is 7.07. The maximum Gasteiger partial charge on any atom is 0.325 e. The molecule has 1 atom stereocenters. The summed E-state index contributed by atoms with van der Waals surface area (Å²) in [5.41, 5.74) is 1.70. The third kappa shape index (κ3) is 4.73. The third-order valence-electron chi connectivity index (χ3n) is 7.17. The fraction of sp³-hybridized carbons (Fsp3) is 0.500. The van der Waals surface area contributed by atoms with Crippen LogP contribution in [0.4, 0.5) is 4.79 Å². The van der Waals surface area contributed by atoms with Crippen LogP contribution in [0.15, 0.2) is 47.3 Å². The van der Waals surface area contributed by atoms with Crippen LogP contribution in [0.5, 0.6) is 0 Å². The Labute approximate surface area is 200 Å². The molecule has 8 heteroatoms. The van der Waals surface area contributed by atoms with E-state index in [2.05, 4.69) is 5.32 Å². The summed E-state index contributed by atoms with van der Waals surface area (Å²) in [6.07, 6.45) is 5.42. The van der Waals surface area contributed by atoms with Crippen LogP contribution in [0, 0.1) is 12.8 Å². The Balaban J connectivity index is 1.55. The minimum Gasteiger partial charge on any atom is -0.472 e. The second kappa shape index (κ2) is 10.0. The molecule has 0 radical (unpaired) electrons. The van der Waals surface area contributed by atoms with E-state index in [1.54, 1.807) is 11.0 Å². The summed E-state index contributed by atoms with van der Waals surface area (Å²) in [7, 11) is 3.96. The van der Waals surface area contributed by atoms with Gasteiger partial charge in [-0.15, -0.1) is 0 Å². The minimum atomic E-state index is -0.994. The van der Waals surface area contributed by atoms with Gasteiger partial charge >= 0.3 is 6.03 Å². The zero-order valence-corrected chi connectivity index (χ0v) is 20.3. The fourth-order valence-corrected chi connectivity index (χ4v) is 5.19. The van der Waals surface area contributed by atoms with Gasteiger partial charge in [-0.25, -0.2) is 4.79 Å². The van der Waals surface area contributed by atoms with Gasteiger partial charge in [0.2, 0.25) is 0 Å². The van der Waals surface area contributed by atoms with Gasteiger partial charge in [-0.3, -0.25) is 14.5 Å². The molecule has 2 fully saturated rings. The molecule has 3 heterocycles. The molecule has 34 heavy (non-hydrogen) atoms. The number of rotatable bonds is 8. The number of hydrogen-bond donors (Lipinski definition) is 1. The number of carbonyl (C=O) groups is 3. The molecule has 2 aliphatic rings. The average Bonchev–Trinajstić information content (AvgIpc) is 3.44. The second-order valence-electron chi connectivity index (χ2n) is 9.70. The first kappa shape index (κ1) is 24.0. The minimum absolute atomic E-state index is 0.0594. The number of benzene rings is 1. The Morgan fingerprint density at radius 3 is 2.56 bits per heavy atom. The number of nitrogens with one attached hydrogen (secondary N) is 1. The first-order valence-electron chi connectivity index (χ1n) is 12.0. The summed E-state index contributed by atoms with van der Waals surface area (Å²) in [4.78, 5) is 44.9. The van der Waals surface area contributed by atoms with Crippen LogP contribution in [-0.2, 0) is 11.2 Å². The van der Waals surface area contributed by atoms with Crippen molar-refractivity contribution in [2.24, 2.45) is 5.92 Å². The molecule has 2 aliphatic heterocycles.